The van der Waals surface area contributed by atoms with Crippen molar-refractivity contribution in [2.75, 3.05) is 0 Å². The van der Waals surface area contributed by atoms with Crippen molar-refractivity contribution in [3.8, 4) is 246 Å². The van der Waals surface area contributed by atoms with Gasteiger partial charge in [-0.05, 0) is 212 Å². The maximum absolute atomic E-state index is 15.1. The largest absolute Gasteiger partial charge is 3.00 e. The Balaban J connectivity index is 0.00000641. The Morgan fingerprint density at radius 1 is 0.155 bits per heavy atom. The van der Waals surface area contributed by atoms with Crippen LogP contribution in [-0.4, -0.2) is 29.9 Å². The smallest absolute Gasteiger partial charge is 0.304 e. The van der Waals surface area contributed by atoms with Crippen molar-refractivity contribution in [2.24, 2.45) is 0 Å². The summed E-state index contributed by atoms with van der Waals surface area (Å²) in [6.07, 6.45) is 8.59. The van der Waals surface area contributed by atoms with Crippen molar-refractivity contribution in [3.05, 3.63) is 532 Å². The first-order valence-corrected chi connectivity index (χ1v) is 48.4. The van der Waals surface area contributed by atoms with E-state index in [4.69, 9.17) is 29.9 Å². The summed E-state index contributed by atoms with van der Waals surface area (Å²) in [4.78, 5) is 29.1. The quantitative estimate of drug-likeness (QED) is 0.0497. The first-order valence-electron chi connectivity index (χ1n) is 48.4. The molecule has 0 aliphatic heterocycles. The minimum absolute atomic E-state index is 0. The zero-order valence-electron chi connectivity index (χ0n) is 80.6. The summed E-state index contributed by atoms with van der Waals surface area (Å²) in [6.45, 7) is 7.93. The molecule has 6 nitrogen and oxygen atoms in total. The molecule has 148 heavy (non-hydrogen) atoms. The fraction of sp³-hybridized carbons (Fsp3) is 0.0294. The molecule has 0 bridgehead atoms. The molecular formula is C136H86F4Ir2N6. The molecule has 0 saturated carbocycles. The van der Waals surface area contributed by atoms with Crippen LogP contribution in [0.15, 0.2) is 450 Å². The van der Waals surface area contributed by atoms with Gasteiger partial charge in [-0.2, -0.15) is 0 Å². The number of pyridine rings is 4. The zero-order chi connectivity index (χ0) is 98.8. The standard InChI is InChI=1S/C136H86F4N6.2Ir/c1-85-69-131(141-80-123(85)119-37-17-21-41-127(119)137)95-57-45-89(46-58-95)107-25-5-11-31-113(107)101-73-102(114-32-12-6-26-108(114)90-47-59-96(60-48-90)132-70-86(2)124(81-142-132)120-38-18-22-42-128(120)138)76-105(75-101)117-35-15-9-29-111(117)93-53-65-99(66-54-93)135-79-136(146-84-145-135)100-67-55-94(56-68-100)112-30-10-16-36-118(112)106-77-103(115-33-13-7-27-109(115)91-49-61-97(62-50-91)133-71-87(3)125(82-143-133)121-39-19-23-43-129(121)139)74-104(78-106)116-34-14-8-28-110(116)92-51-63-98(64-52-92)134-72-88(4)126(83-144-134)122-40-20-24-44-130(122)140;;/h5-57,59,61,63,65,67,69-84H,1-4H3;;/q-6;2*+3. The molecule has 0 saturated heterocycles. The van der Waals surface area contributed by atoms with Crippen molar-refractivity contribution in [2.45, 2.75) is 27.7 Å². The van der Waals surface area contributed by atoms with Crippen molar-refractivity contribution in [3.63, 3.8) is 0 Å². The Morgan fingerprint density at radius 2 is 0.311 bits per heavy atom. The van der Waals surface area contributed by atoms with Gasteiger partial charge in [0.15, 0.2) is 0 Å². The second kappa shape index (κ2) is 42.5. The molecule has 0 atom stereocenters. The Kier molecular flexibility index (Phi) is 27.8. The third kappa shape index (κ3) is 19.6. The van der Waals surface area contributed by atoms with Crippen molar-refractivity contribution >= 4 is 0 Å². The van der Waals surface area contributed by atoms with E-state index < -0.39 is 0 Å². The van der Waals surface area contributed by atoms with Gasteiger partial charge >= 0.3 is 40.2 Å². The van der Waals surface area contributed by atoms with Gasteiger partial charge in [-0.3, -0.25) is 9.97 Å². The van der Waals surface area contributed by atoms with Crippen LogP contribution in [-0.2, 0) is 40.2 Å². The third-order valence-electron chi connectivity index (χ3n) is 27.5. The van der Waals surface area contributed by atoms with E-state index in [2.05, 4.69) is 303 Å². The maximum Gasteiger partial charge on any atom is 3.00 e. The van der Waals surface area contributed by atoms with Crippen molar-refractivity contribution < 1.29 is 57.8 Å². The second-order valence-electron chi connectivity index (χ2n) is 36.6. The van der Waals surface area contributed by atoms with Crippen molar-refractivity contribution in [1.82, 2.24) is 29.9 Å². The number of aromatic nitrogens is 6. The van der Waals surface area contributed by atoms with Crippen LogP contribution in [0.25, 0.3) is 246 Å². The topological polar surface area (TPSA) is 77.3 Å². The van der Waals surface area contributed by atoms with Gasteiger partial charge in [-0.25, -0.2) is 17.6 Å². The first kappa shape index (κ1) is 96.8. The molecule has 0 aliphatic rings. The molecule has 23 rings (SSSR count). The van der Waals surface area contributed by atoms with Crippen molar-refractivity contribution in [1.29, 1.82) is 0 Å². The Bertz CT molecular complexity index is 8030. The van der Waals surface area contributed by atoms with Crippen LogP contribution in [0.5, 0.6) is 0 Å². The van der Waals surface area contributed by atoms with Gasteiger partial charge in [0.25, 0.3) is 0 Å². The molecule has 0 radical (unpaired) electrons. The van der Waals surface area contributed by atoms with E-state index in [0.717, 1.165) is 234 Å². The zero-order valence-corrected chi connectivity index (χ0v) is 85.4. The summed E-state index contributed by atoms with van der Waals surface area (Å²) in [5, 5.41) is 0. The first-order chi connectivity index (χ1) is 71.6. The van der Waals surface area contributed by atoms with E-state index >= 15 is 17.6 Å². The average molecular weight is 2260 g/mol. The number of aryl methyl sites for hydroxylation is 4. The molecule has 0 N–H and O–H groups in total. The second-order valence-corrected chi connectivity index (χ2v) is 36.6. The molecule has 0 aliphatic carbocycles. The van der Waals surface area contributed by atoms with E-state index in [-0.39, 0.29) is 63.5 Å². The fourth-order valence-electron chi connectivity index (χ4n) is 19.9. The SMILES string of the molecule is Cc1cc(-c2[c-]cc(-c3ccccc3-c3cc(-c4ccccc4-c4c[c-]c(-c5cc(-c6[c-]cc(-c7ccccc7-c7cc(-c8ccccc8-c8c[c-]c(-c9cc(C)c(-c%10ccccc%10F)cn9)cc8)cc(-c8ccccc8-c8c[c-]c(-c9cc(C)c(-c%10ccccc%10F)cn9)cc8)c7)cc6)ncn5)cc4)cc(-c4ccccc4-c4c[c-]c(-c5cc(C)c(-c6ccccc6F)cn5)cc4)c3)cc2)ncc1-c1ccccc1F.[Ir+3].[Ir+3]. The van der Waals surface area contributed by atoms with Gasteiger partial charge in [0.1, 0.15) is 23.3 Å². The van der Waals surface area contributed by atoms with Crippen LogP contribution >= 0.6 is 0 Å². The monoisotopic (exact) mass is 2260 g/mol. The van der Waals surface area contributed by atoms with Gasteiger partial charge < -0.3 is 19.9 Å². The molecule has 18 aromatic carbocycles. The molecule has 5 heterocycles. The van der Waals surface area contributed by atoms with Gasteiger partial charge in [0.2, 0.25) is 0 Å². The van der Waals surface area contributed by atoms with Gasteiger partial charge in [-0.1, -0.05) is 315 Å². The molecule has 5 aromatic heterocycles. The van der Waals surface area contributed by atoms with E-state index in [1.54, 1.807) is 79.6 Å². The number of hydrogen-bond donors (Lipinski definition) is 0. The molecule has 0 unspecified atom stereocenters. The summed E-state index contributed by atoms with van der Waals surface area (Å²) in [7, 11) is 0. The van der Waals surface area contributed by atoms with Gasteiger partial charge in [-0.15, -0.1) is 179 Å². The molecular weight excluding hydrogens is 2180 g/mol. The van der Waals surface area contributed by atoms with Gasteiger partial charge in [0, 0.05) is 69.3 Å². The molecule has 12 heteroatoms. The van der Waals surface area contributed by atoms with Crippen LogP contribution < -0.4 is 0 Å². The Morgan fingerprint density at radius 3 is 0.466 bits per heavy atom. The van der Waals surface area contributed by atoms with Crippen LogP contribution in [0.4, 0.5) is 17.6 Å². The van der Waals surface area contributed by atoms with E-state index in [1.807, 2.05) is 107 Å². The maximum atomic E-state index is 15.1. The summed E-state index contributed by atoms with van der Waals surface area (Å²) in [6, 6.07) is 161. The number of benzene rings is 18. The molecule has 0 fully saturated rings. The fourth-order valence-corrected chi connectivity index (χ4v) is 19.9. The number of hydrogen-bond acceptors (Lipinski definition) is 6. The predicted octanol–water partition coefficient (Wildman–Crippen LogP) is 35.3. The molecule has 23 aromatic rings. The van der Waals surface area contributed by atoms with Crippen LogP contribution in [0.3, 0.4) is 0 Å². The number of halogens is 4. The number of rotatable bonds is 22. The molecule has 0 spiro atoms. The summed E-state index contributed by atoms with van der Waals surface area (Å²) < 4.78 is 60.3. The van der Waals surface area contributed by atoms with E-state index in [9.17, 15) is 0 Å². The average Bonchev–Trinajstić information content (AvgIpc) is 0.765. The summed E-state index contributed by atoms with van der Waals surface area (Å²) in [5.41, 5.74) is 42.0. The van der Waals surface area contributed by atoms with Crippen LogP contribution in [0, 0.1) is 87.4 Å². The third-order valence-corrected chi connectivity index (χ3v) is 27.5. The number of nitrogens with zero attached hydrogens (tertiary/aromatic N) is 6. The Hall–Kier alpha value is -17.3. The van der Waals surface area contributed by atoms with Crippen LogP contribution in [0.2, 0.25) is 0 Å². The predicted molar refractivity (Wildman–Crippen MR) is 585 cm³/mol. The summed E-state index contributed by atoms with van der Waals surface area (Å²) in [5.74, 6) is -1.17. The van der Waals surface area contributed by atoms with Crippen LogP contribution in [0.1, 0.15) is 22.3 Å². The van der Waals surface area contributed by atoms with E-state index in [1.165, 1.54) is 24.3 Å². The Labute approximate surface area is 885 Å². The minimum Gasteiger partial charge on any atom is -0.304 e. The normalized spacial score (nSPS) is 11.1. The molecule has 706 valence electrons. The van der Waals surface area contributed by atoms with Gasteiger partial charge in [0.05, 0.1) is 6.33 Å². The molecule has 0 amide bonds. The van der Waals surface area contributed by atoms with E-state index in [0.29, 0.717) is 33.6 Å². The minimum atomic E-state index is -0.292. The summed E-state index contributed by atoms with van der Waals surface area (Å²) >= 11 is 0.